The number of hydrogen-bond acceptors (Lipinski definition) is 1. The van der Waals surface area contributed by atoms with E-state index in [0.717, 1.165) is 23.5 Å². The minimum absolute atomic E-state index is 0.850. The lowest BCUT2D eigenvalue weighted by Gasteiger charge is -2.14. The van der Waals surface area contributed by atoms with E-state index in [9.17, 15) is 0 Å². The third-order valence-corrected chi connectivity index (χ3v) is 2.04. The molecule has 0 radical (unpaired) electrons. The van der Waals surface area contributed by atoms with E-state index in [1.807, 2.05) is 23.8 Å². The molecule has 1 heterocycles. The molecular weight excluding hydrogens is 172 g/mol. The number of allylic oxidation sites excluding steroid dienone is 2. The van der Waals surface area contributed by atoms with Crippen molar-refractivity contribution in [2.45, 2.75) is 13.8 Å². The zero-order valence-corrected chi connectivity index (χ0v) is 8.93. The fraction of sp³-hybridized carbons (Fsp3) is 0.250. The fourth-order valence-corrected chi connectivity index (χ4v) is 1.45. The van der Waals surface area contributed by atoms with E-state index in [-0.39, 0.29) is 0 Å². The summed E-state index contributed by atoms with van der Waals surface area (Å²) in [7, 11) is 0. The Bertz CT molecular complexity index is 357. The van der Waals surface area contributed by atoms with E-state index in [1.165, 1.54) is 5.57 Å². The lowest BCUT2D eigenvalue weighted by atomic mass is 10.0. The van der Waals surface area contributed by atoms with Gasteiger partial charge in [0.15, 0.2) is 12.7 Å². The Morgan fingerprint density at radius 2 is 2.14 bits per heavy atom. The first-order chi connectivity index (χ1) is 6.50. The molecule has 0 aromatic heterocycles. The van der Waals surface area contributed by atoms with Crippen LogP contribution in [0.1, 0.15) is 13.8 Å². The van der Waals surface area contributed by atoms with Crippen molar-refractivity contribution in [2.75, 3.05) is 6.54 Å². The summed E-state index contributed by atoms with van der Waals surface area (Å²) in [5.41, 5.74) is 4.22. The van der Waals surface area contributed by atoms with Crippen LogP contribution in [-0.2, 0) is 0 Å². The van der Waals surface area contributed by atoms with Crippen molar-refractivity contribution in [3.8, 4) is 0 Å². The molecule has 1 rings (SSSR count). The van der Waals surface area contributed by atoms with Gasteiger partial charge in [-0.3, -0.25) is 0 Å². The van der Waals surface area contributed by atoms with Gasteiger partial charge in [-0.05, 0) is 13.8 Å². The van der Waals surface area contributed by atoms with Crippen LogP contribution in [0.15, 0.2) is 48.0 Å². The highest BCUT2D eigenvalue weighted by Crippen LogP contribution is 2.17. The Hall–Kier alpha value is -1.57. The van der Waals surface area contributed by atoms with E-state index in [0.29, 0.717) is 0 Å². The van der Waals surface area contributed by atoms with Crippen LogP contribution in [0.3, 0.4) is 0 Å². The Morgan fingerprint density at radius 1 is 1.50 bits per heavy atom. The molecule has 0 saturated carbocycles. The van der Waals surface area contributed by atoms with E-state index >= 15 is 0 Å². The first-order valence-corrected chi connectivity index (χ1v) is 4.57. The van der Waals surface area contributed by atoms with Gasteiger partial charge in [-0.2, -0.15) is 0 Å². The van der Waals surface area contributed by atoms with Gasteiger partial charge in [0, 0.05) is 28.6 Å². The van der Waals surface area contributed by atoms with Gasteiger partial charge in [-0.1, -0.05) is 13.2 Å². The summed E-state index contributed by atoms with van der Waals surface area (Å²) >= 11 is 0. The summed E-state index contributed by atoms with van der Waals surface area (Å²) < 4.78 is 1.90. The first-order valence-electron chi connectivity index (χ1n) is 4.57. The van der Waals surface area contributed by atoms with Gasteiger partial charge in [-0.25, -0.2) is 4.58 Å². The monoisotopic (exact) mass is 189 g/mol. The molecule has 0 atom stereocenters. The van der Waals surface area contributed by atoms with Crippen molar-refractivity contribution in [3.05, 3.63) is 48.0 Å². The first kappa shape index (κ1) is 10.5. The molecule has 1 aliphatic heterocycles. The van der Waals surface area contributed by atoms with Gasteiger partial charge in [0.25, 0.3) is 0 Å². The normalized spacial score (nSPS) is 15.7. The summed E-state index contributed by atoms with van der Waals surface area (Å²) in [6, 6.07) is 0. The van der Waals surface area contributed by atoms with Gasteiger partial charge in [0.1, 0.15) is 6.72 Å². The van der Waals surface area contributed by atoms with Crippen molar-refractivity contribution < 1.29 is 4.58 Å². The number of rotatable bonds is 3. The number of hydrogen-bond donors (Lipinski definition) is 1. The summed E-state index contributed by atoms with van der Waals surface area (Å²) in [6.45, 7) is 16.5. The molecule has 0 spiro atoms. The predicted octanol–water partition coefficient (Wildman–Crippen LogP) is 2.18. The summed E-state index contributed by atoms with van der Waals surface area (Å²) in [6.07, 6.45) is 3.97. The summed E-state index contributed by atoms with van der Waals surface area (Å²) in [5.74, 6) is 0. The van der Waals surface area contributed by atoms with Crippen LogP contribution < -0.4 is 5.32 Å². The molecular formula is C12H17N2+. The van der Waals surface area contributed by atoms with Crippen molar-refractivity contribution in [2.24, 2.45) is 0 Å². The van der Waals surface area contributed by atoms with Gasteiger partial charge >= 0.3 is 0 Å². The van der Waals surface area contributed by atoms with E-state index in [2.05, 4.69) is 32.1 Å². The molecule has 0 fully saturated rings. The van der Waals surface area contributed by atoms with Crippen LogP contribution in [0.2, 0.25) is 0 Å². The molecule has 0 saturated heterocycles. The predicted molar refractivity (Wildman–Crippen MR) is 61.2 cm³/mol. The van der Waals surface area contributed by atoms with Crippen molar-refractivity contribution in [1.29, 1.82) is 0 Å². The van der Waals surface area contributed by atoms with Crippen molar-refractivity contribution in [3.63, 3.8) is 0 Å². The molecule has 0 amide bonds. The molecule has 0 aliphatic carbocycles. The zero-order valence-electron chi connectivity index (χ0n) is 8.93. The maximum absolute atomic E-state index is 3.97. The molecule has 1 aliphatic rings. The maximum Gasteiger partial charge on any atom is 0.169 e. The van der Waals surface area contributed by atoms with Crippen molar-refractivity contribution in [1.82, 2.24) is 5.32 Å². The minimum atomic E-state index is 0.850. The largest absolute Gasteiger partial charge is 0.360 e. The molecule has 1 N–H and O–H groups in total. The van der Waals surface area contributed by atoms with Crippen LogP contribution in [-0.4, -0.2) is 17.8 Å². The minimum Gasteiger partial charge on any atom is -0.360 e. The third-order valence-electron chi connectivity index (χ3n) is 2.04. The molecule has 0 aromatic rings. The second kappa shape index (κ2) is 4.09. The average molecular weight is 189 g/mol. The Kier molecular flexibility index (Phi) is 3.07. The average Bonchev–Trinajstić information content (AvgIpc) is 2.01. The SMILES string of the molecule is C=C(C)NC(=C)C1=C(C)C[N+](=C)C=C1. The molecule has 14 heavy (non-hydrogen) atoms. The van der Waals surface area contributed by atoms with Crippen LogP contribution in [0.25, 0.3) is 0 Å². The van der Waals surface area contributed by atoms with Crippen LogP contribution in [0.5, 0.6) is 0 Å². The standard InChI is InChI=1S/C12H17N2/c1-9(2)13-11(4)12-6-7-14(5)8-10(12)3/h6-7,13H,1,4-5,8H2,2-3H3/q+1. The summed E-state index contributed by atoms with van der Waals surface area (Å²) in [5, 5.41) is 3.12. The molecule has 0 aromatic carbocycles. The number of nitrogens with one attached hydrogen (secondary N) is 1. The van der Waals surface area contributed by atoms with Crippen LogP contribution in [0.4, 0.5) is 0 Å². The van der Waals surface area contributed by atoms with Gasteiger partial charge in [-0.15, -0.1) is 0 Å². The highest BCUT2D eigenvalue weighted by Gasteiger charge is 2.13. The molecule has 2 nitrogen and oxygen atoms in total. The van der Waals surface area contributed by atoms with Crippen LogP contribution >= 0.6 is 0 Å². The van der Waals surface area contributed by atoms with E-state index in [4.69, 9.17) is 0 Å². The smallest absolute Gasteiger partial charge is 0.169 e. The highest BCUT2D eigenvalue weighted by atomic mass is 15.0. The molecule has 0 bridgehead atoms. The Labute approximate surface area is 85.6 Å². The quantitative estimate of drug-likeness (QED) is 0.672. The zero-order chi connectivity index (χ0) is 10.7. The lowest BCUT2D eigenvalue weighted by Crippen LogP contribution is -2.17. The van der Waals surface area contributed by atoms with Gasteiger partial charge in [0.05, 0.1) is 0 Å². The van der Waals surface area contributed by atoms with E-state index < -0.39 is 0 Å². The second-order valence-electron chi connectivity index (χ2n) is 3.64. The third kappa shape index (κ3) is 2.46. The molecule has 2 heteroatoms. The highest BCUT2D eigenvalue weighted by molar-refractivity contribution is 5.43. The molecule has 74 valence electrons. The molecule has 0 unspecified atom stereocenters. The van der Waals surface area contributed by atoms with Gasteiger partial charge < -0.3 is 5.32 Å². The Balaban J connectivity index is 2.83. The van der Waals surface area contributed by atoms with Crippen LogP contribution in [0, 0.1) is 0 Å². The Morgan fingerprint density at radius 3 is 2.64 bits per heavy atom. The summed E-state index contributed by atoms with van der Waals surface area (Å²) in [4.78, 5) is 0. The maximum atomic E-state index is 3.97. The van der Waals surface area contributed by atoms with E-state index in [1.54, 1.807) is 0 Å². The van der Waals surface area contributed by atoms with Crippen molar-refractivity contribution >= 4 is 6.72 Å². The topological polar surface area (TPSA) is 15.0 Å². The second-order valence-corrected chi connectivity index (χ2v) is 3.64. The fourth-order valence-electron chi connectivity index (χ4n) is 1.45. The number of nitrogens with zero attached hydrogens (tertiary/aromatic N) is 1. The van der Waals surface area contributed by atoms with Gasteiger partial charge in [0.2, 0.25) is 0 Å². The lowest BCUT2D eigenvalue weighted by molar-refractivity contribution is -0.439.